The van der Waals surface area contributed by atoms with Gasteiger partial charge < -0.3 is 14.8 Å². The summed E-state index contributed by atoms with van der Waals surface area (Å²) in [6, 6.07) is 12.3. The molecule has 0 bridgehead atoms. The molecule has 0 saturated carbocycles. The van der Waals surface area contributed by atoms with E-state index in [1.807, 2.05) is 24.3 Å². The molecule has 6 heteroatoms. The molecule has 23 heavy (non-hydrogen) atoms. The highest BCUT2D eigenvalue weighted by atomic mass is 79.9. The number of ether oxygens (including phenoxy) is 2. The second kappa shape index (κ2) is 9.38. The number of nitrogens with one attached hydrogen (secondary N) is 1. The Morgan fingerprint density at radius 1 is 1.17 bits per heavy atom. The lowest BCUT2D eigenvalue weighted by Crippen LogP contribution is -2.18. The maximum absolute atomic E-state index is 6.23. The van der Waals surface area contributed by atoms with Gasteiger partial charge in [-0.15, -0.1) is 12.4 Å². The van der Waals surface area contributed by atoms with Crippen molar-refractivity contribution in [2.75, 3.05) is 14.2 Å². The molecule has 0 aliphatic carbocycles. The number of benzene rings is 2. The Bertz CT molecular complexity index is 652. The van der Waals surface area contributed by atoms with E-state index in [2.05, 4.69) is 40.3 Å². The molecular weight excluding hydrogens is 401 g/mol. The molecule has 0 aliphatic heterocycles. The summed E-state index contributed by atoms with van der Waals surface area (Å²) in [6.07, 6.45) is 0. The Hall–Kier alpha value is -0.940. The summed E-state index contributed by atoms with van der Waals surface area (Å²) in [7, 11) is 3.19. The minimum Gasteiger partial charge on any atom is -0.493 e. The van der Waals surface area contributed by atoms with E-state index in [1.54, 1.807) is 14.2 Å². The smallest absolute Gasteiger partial charge is 0.179 e. The van der Waals surface area contributed by atoms with Gasteiger partial charge in [-0.2, -0.15) is 0 Å². The van der Waals surface area contributed by atoms with E-state index < -0.39 is 0 Å². The molecule has 0 saturated heterocycles. The maximum atomic E-state index is 6.23. The van der Waals surface area contributed by atoms with Crippen molar-refractivity contribution >= 4 is 39.9 Å². The number of methoxy groups -OCH3 is 2. The van der Waals surface area contributed by atoms with Crippen molar-refractivity contribution in [1.82, 2.24) is 5.32 Å². The van der Waals surface area contributed by atoms with Crippen LogP contribution in [0.3, 0.4) is 0 Å². The lowest BCUT2D eigenvalue weighted by molar-refractivity contribution is 0.354. The topological polar surface area (TPSA) is 30.5 Å². The van der Waals surface area contributed by atoms with Crippen LogP contribution >= 0.6 is 39.9 Å². The van der Waals surface area contributed by atoms with Gasteiger partial charge in [0.15, 0.2) is 11.5 Å². The lowest BCUT2D eigenvalue weighted by atomic mass is 10.1. The minimum absolute atomic E-state index is 0. The van der Waals surface area contributed by atoms with E-state index in [9.17, 15) is 0 Å². The largest absolute Gasteiger partial charge is 0.493 e. The van der Waals surface area contributed by atoms with Crippen LogP contribution in [-0.2, 0) is 6.54 Å². The summed E-state index contributed by atoms with van der Waals surface area (Å²) >= 11 is 9.72. The third-order valence-corrected chi connectivity index (χ3v) is 4.23. The van der Waals surface area contributed by atoms with Gasteiger partial charge in [-0.3, -0.25) is 0 Å². The van der Waals surface area contributed by atoms with Crippen LogP contribution < -0.4 is 14.8 Å². The van der Waals surface area contributed by atoms with Gasteiger partial charge in [0.1, 0.15) is 0 Å². The van der Waals surface area contributed by atoms with Crippen LogP contribution in [0.15, 0.2) is 40.9 Å². The van der Waals surface area contributed by atoms with Crippen LogP contribution in [0.25, 0.3) is 0 Å². The minimum atomic E-state index is 0. The predicted molar refractivity (Wildman–Crippen MR) is 101 cm³/mol. The van der Waals surface area contributed by atoms with Crippen molar-refractivity contribution in [3.63, 3.8) is 0 Å². The molecule has 1 unspecified atom stereocenters. The van der Waals surface area contributed by atoms with E-state index >= 15 is 0 Å². The summed E-state index contributed by atoms with van der Waals surface area (Å²) in [4.78, 5) is 0. The van der Waals surface area contributed by atoms with Gasteiger partial charge in [-0.25, -0.2) is 0 Å². The van der Waals surface area contributed by atoms with E-state index in [0.717, 1.165) is 10.0 Å². The van der Waals surface area contributed by atoms with E-state index in [-0.39, 0.29) is 18.4 Å². The monoisotopic (exact) mass is 419 g/mol. The van der Waals surface area contributed by atoms with Crippen LogP contribution in [0, 0.1) is 0 Å². The van der Waals surface area contributed by atoms with Crippen LogP contribution in [0.1, 0.15) is 24.1 Å². The van der Waals surface area contributed by atoms with Gasteiger partial charge in [0.05, 0.1) is 19.2 Å². The third kappa shape index (κ3) is 5.28. The molecule has 2 aromatic carbocycles. The summed E-state index contributed by atoms with van der Waals surface area (Å²) in [5.41, 5.74) is 2.27. The molecule has 0 spiro atoms. The Kier molecular flexibility index (Phi) is 8.20. The Morgan fingerprint density at radius 3 is 2.52 bits per heavy atom. The summed E-state index contributed by atoms with van der Waals surface area (Å²) in [5, 5.41) is 4.03. The molecular formula is C17H20BrCl2NO2. The summed E-state index contributed by atoms with van der Waals surface area (Å²) < 4.78 is 11.6. The van der Waals surface area contributed by atoms with Gasteiger partial charge in [0.25, 0.3) is 0 Å². The third-order valence-electron chi connectivity index (χ3n) is 3.45. The SMILES string of the molecule is COc1cc(CNC(C)c2cccc(Br)c2)cc(Cl)c1OC.Cl. The highest BCUT2D eigenvalue weighted by molar-refractivity contribution is 9.10. The molecule has 0 heterocycles. The molecule has 2 rings (SSSR count). The molecule has 0 fully saturated rings. The van der Waals surface area contributed by atoms with Crippen LogP contribution in [-0.4, -0.2) is 14.2 Å². The number of hydrogen-bond donors (Lipinski definition) is 1. The zero-order valence-electron chi connectivity index (χ0n) is 13.2. The standard InChI is InChI=1S/C17H19BrClNO2.ClH/c1-11(13-5-4-6-14(18)9-13)20-10-12-7-15(19)17(22-3)16(8-12)21-2;/h4-9,11,20H,10H2,1-3H3;1H. The maximum Gasteiger partial charge on any atom is 0.179 e. The fraction of sp³-hybridized carbons (Fsp3) is 0.294. The van der Waals surface area contributed by atoms with E-state index in [1.165, 1.54) is 5.56 Å². The number of rotatable bonds is 6. The zero-order chi connectivity index (χ0) is 16.1. The predicted octanol–water partition coefficient (Wildman–Crippen LogP) is 5.39. The van der Waals surface area contributed by atoms with Gasteiger partial charge in [-0.05, 0) is 42.3 Å². The molecule has 126 valence electrons. The fourth-order valence-corrected chi connectivity index (χ4v) is 2.97. The average Bonchev–Trinajstić information content (AvgIpc) is 2.51. The second-order valence-corrected chi connectivity index (χ2v) is 6.29. The summed E-state index contributed by atoms with van der Waals surface area (Å²) in [6.45, 7) is 2.82. The quantitative estimate of drug-likeness (QED) is 0.679. The molecule has 0 amide bonds. The van der Waals surface area contributed by atoms with Crippen LogP contribution in [0.4, 0.5) is 0 Å². The molecule has 0 radical (unpaired) electrons. The first kappa shape index (κ1) is 20.1. The molecule has 3 nitrogen and oxygen atoms in total. The first-order valence-corrected chi connectivity index (χ1v) is 8.11. The Balaban J connectivity index is 0.00000264. The molecule has 0 aliphatic rings. The van der Waals surface area contributed by atoms with Crippen molar-refractivity contribution in [3.8, 4) is 11.5 Å². The van der Waals surface area contributed by atoms with Gasteiger partial charge in [0, 0.05) is 17.1 Å². The summed E-state index contributed by atoms with van der Waals surface area (Å²) in [5.74, 6) is 1.20. The average molecular weight is 421 g/mol. The Morgan fingerprint density at radius 2 is 1.91 bits per heavy atom. The number of hydrogen-bond acceptors (Lipinski definition) is 3. The lowest BCUT2D eigenvalue weighted by Gasteiger charge is -2.16. The van der Waals surface area contributed by atoms with Crippen LogP contribution in [0.5, 0.6) is 11.5 Å². The first-order chi connectivity index (χ1) is 10.5. The highest BCUT2D eigenvalue weighted by Crippen LogP contribution is 2.36. The molecule has 2 aromatic rings. The second-order valence-electron chi connectivity index (χ2n) is 4.97. The molecule has 1 atom stereocenters. The molecule has 1 N–H and O–H groups in total. The zero-order valence-corrected chi connectivity index (χ0v) is 16.4. The van der Waals surface area contributed by atoms with Gasteiger partial charge in [-0.1, -0.05) is 39.7 Å². The first-order valence-electron chi connectivity index (χ1n) is 6.94. The Labute approximate surface area is 156 Å². The van der Waals surface area contributed by atoms with Gasteiger partial charge >= 0.3 is 0 Å². The van der Waals surface area contributed by atoms with E-state index in [0.29, 0.717) is 23.1 Å². The van der Waals surface area contributed by atoms with Crippen molar-refractivity contribution in [2.24, 2.45) is 0 Å². The van der Waals surface area contributed by atoms with Crippen molar-refractivity contribution in [3.05, 3.63) is 57.0 Å². The normalized spacial score (nSPS) is 11.5. The van der Waals surface area contributed by atoms with E-state index in [4.69, 9.17) is 21.1 Å². The number of halogens is 3. The molecule has 0 aromatic heterocycles. The van der Waals surface area contributed by atoms with Crippen molar-refractivity contribution < 1.29 is 9.47 Å². The fourth-order valence-electron chi connectivity index (χ4n) is 2.24. The van der Waals surface area contributed by atoms with Gasteiger partial charge in [0.2, 0.25) is 0 Å². The highest BCUT2D eigenvalue weighted by Gasteiger charge is 2.12. The van der Waals surface area contributed by atoms with Crippen LogP contribution in [0.2, 0.25) is 5.02 Å². The van der Waals surface area contributed by atoms with Crippen molar-refractivity contribution in [1.29, 1.82) is 0 Å². The van der Waals surface area contributed by atoms with Crippen molar-refractivity contribution in [2.45, 2.75) is 19.5 Å².